The summed E-state index contributed by atoms with van der Waals surface area (Å²) >= 11 is 0. The van der Waals surface area contributed by atoms with Gasteiger partial charge in [-0.05, 0) is 90.6 Å². The monoisotopic (exact) mass is 454 g/mol. The number of aryl methyl sites for hydroxylation is 1. The Morgan fingerprint density at radius 2 is 1.65 bits per heavy atom. The van der Waals surface area contributed by atoms with E-state index in [-0.39, 0.29) is 17.4 Å². The molecule has 0 aliphatic rings. The predicted molar refractivity (Wildman–Crippen MR) is 138 cm³/mol. The number of primary amides is 1. The summed E-state index contributed by atoms with van der Waals surface area (Å²) in [6.07, 6.45) is 4.50. The Kier molecular flexibility index (Phi) is 6.73. The molecule has 0 radical (unpaired) electrons. The number of rotatable bonds is 8. The van der Waals surface area contributed by atoms with Crippen LogP contribution in [0.3, 0.4) is 0 Å². The molecular formula is C29H30N2O3. The second-order valence-electron chi connectivity index (χ2n) is 8.69. The highest BCUT2D eigenvalue weighted by Crippen LogP contribution is 2.36. The van der Waals surface area contributed by atoms with Crippen LogP contribution in [0.25, 0.3) is 28.2 Å². The molecule has 0 atom stereocenters. The number of hydrogen-bond donors (Lipinski definition) is 3. The fourth-order valence-electron chi connectivity index (χ4n) is 4.40. The third-order valence-electron chi connectivity index (χ3n) is 6.22. The minimum atomic E-state index is -0.367. The zero-order chi connectivity index (χ0) is 24.2. The molecule has 0 fully saturated rings. The van der Waals surface area contributed by atoms with Crippen molar-refractivity contribution in [2.24, 2.45) is 5.73 Å². The smallest absolute Gasteiger partial charge is 0.244 e. The van der Waals surface area contributed by atoms with Crippen molar-refractivity contribution in [2.75, 3.05) is 0 Å². The fourth-order valence-corrected chi connectivity index (χ4v) is 4.40. The van der Waals surface area contributed by atoms with Gasteiger partial charge in [0.2, 0.25) is 5.91 Å². The van der Waals surface area contributed by atoms with Crippen LogP contribution in [0.5, 0.6) is 11.5 Å². The van der Waals surface area contributed by atoms with Crippen LogP contribution < -0.4 is 5.73 Å². The van der Waals surface area contributed by atoms with Gasteiger partial charge in [-0.2, -0.15) is 0 Å². The summed E-state index contributed by atoms with van der Waals surface area (Å²) in [6, 6.07) is 20.8. The molecule has 4 rings (SSSR count). The Hall–Kier alpha value is -3.99. The van der Waals surface area contributed by atoms with Crippen molar-refractivity contribution in [3.8, 4) is 22.8 Å². The first-order valence-electron chi connectivity index (χ1n) is 11.6. The lowest BCUT2D eigenvalue weighted by Gasteiger charge is -2.13. The topological polar surface area (TPSA) is 88.5 Å². The van der Waals surface area contributed by atoms with Crippen molar-refractivity contribution in [3.05, 3.63) is 89.0 Å². The molecule has 0 bridgehead atoms. The number of amides is 1. The summed E-state index contributed by atoms with van der Waals surface area (Å²) in [5, 5.41) is 20.8. The highest BCUT2D eigenvalue weighted by molar-refractivity contribution is 5.96. The third-order valence-corrected chi connectivity index (χ3v) is 6.22. The summed E-state index contributed by atoms with van der Waals surface area (Å²) in [5.41, 5.74) is 12.4. The van der Waals surface area contributed by atoms with Crippen molar-refractivity contribution in [1.82, 2.24) is 4.57 Å². The van der Waals surface area contributed by atoms with Crippen molar-refractivity contribution >= 4 is 22.9 Å². The van der Waals surface area contributed by atoms with E-state index in [0.29, 0.717) is 18.5 Å². The standard InChI is InChI=1S/C29H30N2O3/c1-3-4-5-23(29(30)34)16-20-6-8-21(9-7-20)18-31-27-15-14-25(33)17-26(27)19(2)28(31)22-10-12-24(32)13-11-22/h6-17,32-33H,3-5,18H2,1-2H3,(H2,30,34). The van der Waals surface area contributed by atoms with Crippen molar-refractivity contribution in [2.45, 2.75) is 39.7 Å². The van der Waals surface area contributed by atoms with Gasteiger partial charge in [0.15, 0.2) is 0 Å². The SMILES string of the molecule is CCCCC(=Cc1ccc(Cn2c(-c3ccc(O)cc3)c(C)c3cc(O)ccc32)cc1)C(N)=O. The van der Waals surface area contributed by atoms with Gasteiger partial charge < -0.3 is 20.5 Å². The summed E-state index contributed by atoms with van der Waals surface area (Å²) in [7, 11) is 0. The van der Waals surface area contributed by atoms with E-state index in [1.807, 2.05) is 36.4 Å². The fraction of sp³-hybridized carbons (Fsp3) is 0.207. The third kappa shape index (κ3) is 4.84. The number of aromatic hydroxyl groups is 2. The van der Waals surface area contributed by atoms with Gasteiger partial charge in [0.1, 0.15) is 11.5 Å². The Labute approximate surface area is 199 Å². The predicted octanol–water partition coefficient (Wildman–Crippen LogP) is 6.14. The van der Waals surface area contributed by atoms with Crippen LogP contribution in [-0.4, -0.2) is 20.7 Å². The zero-order valence-electron chi connectivity index (χ0n) is 19.6. The van der Waals surface area contributed by atoms with E-state index in [1.54, 1.807) is 24.3 Å². The van der Waals surface area contributed by atoms with E-state index in [1.165, 1.54) is 0 Å². The first-order chi connectivity index (χ1) is 16.4. The van der Waals surface area contributed by atoms with Gasteiger partial charge in [-0.3, -0.25) is 4.79 Å². The number of carbonyl (C=O) groups is 1. The number of unbranched alkanes of at least 4 members (excludes halogenated alkanes) is 1. The molecule has 3 aromatic carbocycles. The summed E-state index contributed by atoms with van der Waals surface area (Å²) in [6.45, 7) is 4.78. The van der Waals surface area contributed by atoms with Crippen LogP contribution in [0, 0.1) is 6.92 Å². The lowest BCUT2D eigenvalue weighted by Crippen LogP contribution is -2.13. The molecule has 174 valence electrons. The Morgan fingerprint density at radius 1 is 0.971 bits per heavy atom. The highest BCUT2D eigenvalue weighted by Gasteiger charge is 2.17. The Balaban J connectivity index is 1.72. The van der Waals surface area contributed by atoms with Gasteiger partial charge in [0.25, 0.3) is 0 Å². The lowest BCUT2D eigenvalue weighted by molar-refractivity contribution is -0.114. The van der Waals surface area contributed by atoms with Crippen LogP contribution in [0.1, 0.15) is 42.9 Å². The van der Waals surface area contributed by atoms with Gasteiger partial charge in [0, 0.05) is 23.0 Å². The van der Waals surface area contributed by atoms with Gasteiger partial charge in [-0.1, -0.05) is 37.6 Å². The highest BCUT2D eigenvalue weighted by atomic mass is 16.3. The number of phenolic OH excluding ortho intramolecular Hbond substituents is 2. The van der Waals surface area contributed by atoms with Crippen molar-refractivity contribution in [1.29, 1.82) is 0 Å². The number of aromatic nitrogens is 1. The van der Waals surface area contributed by atoms with E-state index in [9.17, 15) is 15.0 Å². The molecule has 5 heteroatoms. The van der Waals surface area contributed by atoms with E-state index in [2.05, 4.69) is 30.5 Å². The van der Waals surface area contributed by atoms with Gasteiger partial charge in [-0.25, -0.2) is 0 Å². The number of phenols is 2. The number of fused-ring (bicyclic) bond motifs is 1. The minimum absolute atomic E-state index is 0.222. The molecule has 1 amide bonds. The molecule has 0 unspecified atom stereocenters. The molecule has 0 saturated carbocycles. The maximum Gasteiger partial charge on any atom is 0.244 e. The first-order valence-corrected chi connectivity index (χ1v) is 11.6. The molecule has 4 N–H and O–H groups in total. The molecular weight excluding hydrogens is 424 g/mol. The Bertz CT molecular complexity index is 1350. The van der Waals surface area contributed by atoms with E-state index in [4.69, 9.17) is 5.73 Å². The zero-order valence-corrected chi connectivity index (χ0v) is 19.6. The number of nitrogens with zero attached hydrogens (tertiary/aromatic N) is 1. The molecule has 1 aromatic heterocycles. The number of carbonyl (C=O) groups excluding carboxylic acids is 1. The summed E-state index contributed by atoms with van der Waals surface area (Å²) in [5.74, 6) is 0.0858. The van der Waals surface area contributed by atoms with Crippen LogP contribution in [-0.2, 0) is 11.3 Å². The van der Waals surface area contributed by atoms with Crippen molar-refractivity contribution in [3.63, 3.8) is 0 Å². The quantitative estimate of drug-likeness (QED) is 0.280. The van der Waals surface area contributed by atoms with Gasteiger partial charge in [-0.15, -0.1) is 0 Å². The number of benzene rings is 3. The maximum absolute atomic E-state index is 11.8. The first kappa shape index (κ1) is 23.2. The maximum atomic E-state index is 11.8. The molecule has 5 nitrogen and oxygen atoms in total. The number of hydrogen-bond acceptors (Lipinski definition) is 3. The van der Waals surface area contributed by atoms with Gasteiger partial charge in [0.05, 0.1) is 5.69 Å². The summed E-state index contributed by atoms with van der Waals surface area (Å²) < 4.78 is 2.23. The van der Waals surface area contributed by atoms with Crippen LogP contribution in [0.4, 0.5) is 0 Å². The van der Waals surface area contributed by atoms with E-state index in [0.717, 1.165) is 51.7 Å². The van der Waals surface area contributed by atoms with Crippen LogP contribution in [0.15, 0.2) is 72.3 Å². The van der Waals surface area contributed by atoms with E-state index >= 15 is 0 Å². The lowest BCUT2D eigenvalue weighted by atomic mass is 10.0. The van der Waals surface area contributed by atoms with Crippen molar-refractivity contribution < 1.29 is 15.0 Å². The van der Waals surface area contributed by atoms with Crippen LogP contribution >= 0.6 is 0 Å². The average Bonchev–Trinajstić information content (AvgIpc) is 3.08. The van der Waals surface area contributed by atoms with Gasteiger partial charge >= 0.3 is 0 Å². The van der Waals surface area contributed by atoms with Crippen LogP contribution in [0.2, 0.25) is 0 Å². The average molecular weight is 455 g/mol. The molecule has 34 heavy (non-hydrogen) atoms. The molecule has 4 aromatic rings. The Morgan fingerprint density at radius 3 is 2.29 bits per heavy atom. The normalized spacial score (nSPS) is 11.8. The second kappa shape index (κ2) is 9.87. The molecule has 0 aliphatic carbocycles. The molecule has 1 heterocycles. The number of nitrogens with two attached hydrogens (primary N) is 1. The largest absolute Gasteiger partial charge is 0.508 e. The summed E-state index contributed by atoms with van der Waals surface area (Å²) in [4.78, 5) is 11.8. The molecule has 0 aliphatic heterocycles. The molecule has 0 saturated heterocycles. The minimum Gasteiger partial charge on any atom is -0.508 e. The van der Waals surface area contributed by atoms with E-state index < -0.39 is 0 Å². The molecule has 0 spiro atoms. The second-order valence-corrected chi connectivity index (χ2v) is 8.69.